The molecular weight excluding hydrogens is 220 g/mol. The van der Waals surface area contributed by atoms with Crippen LogP contribution in [0.4, 0.5) is 0 Å². The van der Waals surface area contributed by atoms with Crippen LogP contribution in [0.25, 0.3) is 0 Å². The Morgan fingerprint density at radius 2 is 1.72 bits per heavy atom. The van der Waals surface area contributed by atoms with E-state index in [-0.39, 0.29) is 0 Å². The summed E-state index contributed by atoms with van der Waals surface area (Å²) < 4.78 is 0. The molecule has 108 valence electrons. The van der Waals surface area contributed by atoms with Gasteiger partial charge in [0.25, 0.3) is 0 Å². The number of rotatable bonds is 7. The second-order valence-corrected chi connectivity index (χ2v) is 6.98. The highest BCUT2D eigenvalue weighted by Crippen LogP contribution is 2.36. The average Bonchev–Trinajstić information content (AvgIpc) is 2.29. The van der Waals surface area contributed by atoms with E-state index < -0.39 is 0 Å². The Hall–Kier alpha value is -0.0800. The number of nitrogens with zero attached hydrogens (tertiary/aromatic N) is 1. The summed E-state index contributed by atoms with van der Waals surface area (Å²) in [7, 11) is 4.42. The van der Waals surface area contributed by atoms with Gasteiger partial charge in [0.1, 0.15) is 0 Å². The topological polar surface area (TPSA) is 15.3 Å². The molecule has 0 spiro atoms. The van der Waals surface area contributed by atoms with Crippen molar-refractivity contribution in [1.82, 2.24) is 10.2 Å². The molecule has 1 atom stereocenters. The molecule has 0 aliphatic heterocycles. The summed E-state index contributed by atoms with van der Waals surface area (Å²) in [5, 5.41) is 3.44. The summed E-state index contributed by atoms with van der Waals surface area (Å²) in [6, 6.07) is 0.709. The molecule has 1 rings (SSSR count). The van der Waals surface area contributed by atoms with Crippen molar-refractivity contribution in [1.29, 1.82) is 0 Å². The maximum Gasteiger partial charge on any atom is 0.00665 e. The lowest BCUT2D eigenvalue weighted by Gasteiger charge is -2.42. The quantitative estimate of drug-likeness (QED) is 0.748. The van der Waals surface area contributed by atoms with Crippen molar-refractivity contribution in [3.8, 4) is 0 Å². The Bertz CT molecular complexity index is 214. The second kappa shape index (κ2) is 7.49. The van der Waals surface area contributed by atoms with Gasteiger partial charge in [0, 0.05) is 19.1 Å². The monoisotopic (exact) mass is 254 g/mol. The molecule has 0 bridgehead atoms. The van der Waals surface area contributed by atoms with Gasteiger partial charge < -0.3 is 10.2 Å². The van der Waals surface area contributed by atoms with Gasteiger partial charge >= 0.3 is 0 Å². The zero-order valence-electron chi connectivity index (χ0n) is 13.3. The van der Waals surface area contributed by atoms with Crippen molar-refractivity contribution >= 4 is 0 Å². The maximum absolute atomic E-state index is 3.44. The molecule has 1 N–H and O–H groups in total. The van der Waals surface area contributed by atoms with Crippen LogP contribution in [0, 0.1) is 11.3 Å². The van der Waals surface area contributed by atoms with Crippen LogP contribution in [0.15, 0.2) is 0 Å². The molecule has 0 aromatic carbocycles. The van der Waals surface area contributed by atoms with Gasteiger partial charge in [-0.25, -0.2) is 0 Å². The van der Waals surface area contributed by atoms with Gasteiger partial charge in [-0.05, 0) is 51.6 Å². The minimum absolute atomic E-state index is 0.535. The zero-order chi connectivity index (χ0) is 13.6. The van der Waals surface area contributed by atoms with Gasteiger partial charge in [-0.3, -0.25) is 0 Å². The van der Waals surface area contributed by atoms with Crippen LogP contribution in [0.5, 0.6) is 0 Å². The molecule has 2 heteroatoms. The summed E-state index contributed by atoms with van der Waals surface area (Å²) in [5.74, 6) is 0.800. The standard InChI is InChI=1S/C16H34N2/c1-14(2)11-15(3)18(5)13-16(12-17-4)9-7-6-8-10-16/h14-15,17H,6-13H2,1-5H3. The summed E-state index contributed by atoms with van der Waals surface area (Å²) in [4.78, 5) is 2.60. The highest BCUT2D eigenvalue weighted by Gasteiger charge is 2.33. The molecule has 1 aliphatic carbocycles. The molecule has 0 aromatic heterocycles. The molecule has 0 aromatic rings. The van der Waals surface area contributed by atoms with E-state index in [4.69, 9.17) is 0 Å². The van der Waals surface area contributed by atoms with E-state index in [0.717, 1.165) is 5.92 Å². The van der Waals surface area contributed by atoms with Crippen molar-refractivity contribution in [2.24, 2.45) is 11.3 Å². The first-order valence-corrected chi connectivity index (χ1v) is 7.84. The SMILES string of the molecule is CNCC1(CN(C)C(C)CC(C)C)CCCCC1. The van der Waals surface area contributed by atoms with Crippen LogP contribution in [0.3, 0.4) is 0 Å². The molecule has 0 heterocycles. The van der Waals surface area contributed by atoms with Gasteiger partial charge in [-0.2, -0.15) is 0 Å². The van der Waals surface area contributed by atoms with Crippen LogP contribution in [-0.2, 0) is 0 Å². The van der Waals surface area contributed by atoms with Crippen LogP contribution >= 0.6 is 0 Å². The lowest BCUT2D eigenvalue weighted by molar-refractivity contribution is 0.0926. The highest BCUT2D eigenvalue weighted by molar-refractivity contribution is 4.88. The van der Waals surface area contributed by atoms with Crippen molar-refractivity contribution in [3.05, 3.63) is 0 Å². The van der Waals surface area contributed by atoms with Crippen molar-refractivity contribution in [2.75, 3.05) is 27.2 Å². The molecule has 0 saturated heterocycles. The maximum atomic E-state index is 3.44. The average molecular weight is 254 g/mol. The van der Waals surface area contributed by atoms with Gasteiger partial charge in [-0.1, -0.05) is 33.1 Å². The molecule has 1 saturated carbocycles. The molecule has 0 radical (unpaired) electrons. The van der Waals surface area contributed by atoms with E-state index in [1.807, 2.05) is 0 Å². The molecule has 0 amide bonds. The Morgan fingerprint density at radius 1 is 1.11 bits per heavy atom. The number of nitrogens with one attached hydrogen (secondary N) is 1. The van der Waals surface area contributed by atoms with Gasteiger partial charge in [0.05, 0.1) is 0 Å². The Balaban J connectivity index is 2.54. The van der Waals surface area contributed by atoms with Crippen molar-refractivity contribution in [2.45, 2.75) is 65.3 Å². The predicted octanol–water partition coefficient (Wildman–Crippen LogP) is 3.52. The molecule has 1 aliphatic rings. The largest absolute Gasteiger partial charge is 0.319 e. The summed E-state index contributed by atoms with van der Waals surface area (Å²) in [5.41, 5.74) is 0.535. The Morgan fingerprint density at radius 3 is 2.22 bits per heavy atom. The Kier molecular flexibility index (Phi) is 6.65. The fourth-order valence-electron chi connectivity index (χ4n) is 3.61. The van der Waals surface area contributed by atoms with Gasteiger partial charge in [0.15, 0.2) is 0 Å². The summed E-state index contributed by atoms with van der Waals surface area (Å²) in [6.07, 6.45) is 8.42. The molecule has 2 nitrogen and oxygen atoms in total. The first kappa shape index (κ1) is 16.0. The van der Waals surface area contributed by atoms with E-state index >= 15 is 0 Å². The molecule has 1 fully saturated rings. The minimum atomic E-state index is 0.535. The molecule has 1 unspecified atom stereocenters. The van der Waals surface area contributed by atoms with E-state index in [1.165, 1.54) is 51.6 Å². The molecule has 18 heavy (non-hydrogen) atoms. The van der Waals surface area contributed by atoms with Crippen LogP contribution < -0.4 is 5.32 Å². The van der Waals surface area contributed by atoms with E-state index in [0.29, 0.717) is 11.5 Å². The first-order valence-electron chi connectivity index (χ1n) is 7.84. The fourth-order valence-corrected chi connectivity index (χ4v) is 3.61. The summed E-state index contributed by atoms with van der Waals surface area (Å²) >= 11 is 0. The lowest BCUT2D eigenvalue weighted by atomic mass is 9.73. The lowest BCUT2D eigenvalue weighted by Crippen LogP contribution is -2.46. The van der Waals surface area contributed by atoms with Crippen LogP contribution in [0.2, 0.25) is 0 Å². The Labute approximate surface area is 115 Å². The molecular formula is C16H34N2. The van der Waals surface area contributed by atoms with Crippen LogP contribution in [0.1, 0.15) is 59.3 Å². The number of hydrogen-bond acceptors (Lipinski definition) is 2. The van der Waals surface area contributed by atoms with E-state index in [9.17, 15) is 0 Å². The second-order valence-electron chi connectivity index (χ2n) is 6.98. The van der Waals surface area contributed by atoms with E-state index in [2.05, 4.69) is 45.1 Å². The number of hydrogen-bond donors (Lipinski definition) is 1. The predicted molar refractivity (Wildman–Crippen MR) is 81.0 cm³/mol. The fraction of sp³-hybridized carbons (Fsp3) is 1.00. The van der Waals surface area contributed by atoms with E-state index in [1.54, 1.807) is 0 Å². The highest BCUT2D eigenvalue weighted by atomic mass is 15.1. The zero-order valence-corrected chi connectivity index (χ0v) is 13.3. The van der Waals surface area contributed by atoms with Gasteiger partial charge in [0.2, 0.25) is 0 Å². The van der Waals surface area contributed by atoms with Crippen molar-refractivity contribution in [3.63, 3.8) is 0 Å². The third-order valence-corrected chi connectivity index (χ3v) is 4.62. The minimum Gasteiger partial charge on any atom is -0.319 e. The smallest absolute Gasteiger partial charge is 0.00665 e. The van der Waals surface area contributed by atoms with Gasteiger partial charge in [-0.15, -0.1) is 0 Å². The van der Waals surface area contributed by atoms with Crippen molar-refractivity contribution < 1.29 is 0 Å². The van der Waals surface area contributed by atoms with Crippen LogP contribution in [-0.4, -0.2) is 38.1 Å². The summed E-state index contributed by atoms with van der Waals surface area (Å²) in [6.45, 7) is 9.49. The first-order chi connectivity index (χ1) is 8.49. The third kappa shape index (κ3) is 4.89. The normalized spacial score (nSPS) is 21.5. The third-order valence-electron chi connectivity index (χ3n) is 4.62.